The van der Waals surface area contributed by atoms with E-state index in [1.165, 1.54) is 17.7 Å². The van der Waals surface area contributed by atoms with Gasteiger partial charge in [0, 0.05) is 21.1 Å². The lowest BCUT2D eigenvalue weighted by Crippen LogP contribution is -2.28. The number of benzene rings is 1. The van der Waals surface area contributed by atoms with Crippen molar-refractivity contribution in [2.24, 2.45) is 0 Å². The number of thiophene rings is 1. The third-order valence-corrected chi connectivity index (χ3v) is 5.29. The second-order valence-electron chi connectivity index (χ2n) is 6.20. The SMILES string of the molecule is CCCCOC(=O)c1csc2ncn(CC(=O)Nc3cc(Cl)cc(Cl)c3)c(=O)c12. The number of halogens is 2. The number of nitrogens with one attached hydrogen (secondary N) is 1. The van der Waals surface area contributed by atoms with Crippen molar-refractivity contribution >= 4 is 62.3 Å². The van der Waals surface area contributed by atoms with E-state index >= 15 is 0 Å². The molecule has 1 amide bonds. The Morgan fingerprint density at radius 2 is 1.97 bits per heavy atom. The quantitative estimate of drug-likeness (QED) is 0.423. The Morgan fingerprint density at radius 3 is 2.66 bits per heavy atom. The van der Waals surface area contributed by atoms with Crippen LogP contribution in [0.15, 0.2) is 34.7 Å². The van der Waals surface area contributed by atoms with Crippen molar-refractivity contribution in [1.82, 2.24) is 9.55 Å². The zero-order chi connectivity index (χ0) is 21.0. The van der Waals surface area contributed by atoms with Crippen molar-refractivity contribution in [2.75, 3.05) is 11.9 Å². The first kappa shape index (κ1) is 21.3. The zero-order valence-electron chi connectivity index (χ0n) is 15.4. The van der Waals surface area contributed by atoms with Crippen LogP contribution < -0.4 is 10.9 Å². The minimum absolute atomic E-state index is 0.151. The molecule has 0 fully saturated rings. The number of rotatable bonds is 7. The van der Waals surface area contributed by atoms with Gasteiger partial charge < -0.3 is 10.1 Å². The highest BCUT2D eigenvalue weighted by atomic mass is 35.5. The number of hydrogen-bond donors (Lipinski definition) is 1. The number of esters is 1. The number of fused-ring (bicyclic) bond motifs is 1. The van der Waals surface area contributed by atoms with Crippen LogP contribution in [0.3, 0.4) is 0 Å². The zero-order valence-corrected chi connectivity index (χ0v) is 17.7. The molecule has 0 spiro atoms. The van der Waals surface area contributed by atoms with Gasteiger partial charge in [-0.15, -0.1) is 11.3 Å². The van der Waals surface area contributed by atoms with Crippen LogP contribution in [0.1, 0.15) is 30.1 Å². The maximum absolute atomic E-state index is 12.8. The molecule has 0 aliphatic rings. The van der Waals surface area contributed by atoms with E-state index in [1.54, 1.807) is 23.6 Å². The number of carbonyl (C=O) groups is 2. The van der Waals surface area contributed by atoms with Crippen LogP contribution in [-0.4, -0.2) is 28.0 Å². The number of hydrogen-bond acceptors (Lipinski definition) is 6. The topological polar surface area (TPSA) is 90.3 Å². The lowest BCUT2D eigenvalue weighted by atomic mass is 10.2. The van der Waals surface area contributed by atoms with E-state index in [9.17, 15) is 14.4 Å². The van der Waals surface area contributed by atoms with Crippen molar-refractivity contribution in [1.29, 1.82) is 0 Å². The Hall–Kier alpha value is -2.42. The standard InChI is InChI=1S/C19H17Cl2N3O4S/c1-2-3-4-28-19(27)14-9-29-17-16(14)18(26)24(10-22-17)8-15(25)23-13-6-11(20)5-12(21)7-13/h5-7,9-10H,2-4,8H2,1H3,(H,23,25). The second kappa shape index (κ2) is 9.39. The number of carbonyl (C=O) groups excluding carboxylic acids is 2. The maximum atomic E-state index is 12.8. The second-order valence-corrected chi connectivity index (χ2v) is 7.93. The first-order valence-corrected chi connectivity index (χ1v) is 10.4. The number of nitrogens with zero attached hydrogens (tertiary/aromatic N) is 2. The molecule has 1 N–H and O–H groups in total. The summed E-state index contributed by atoms with van der Waals surface area (Å²) in [6.45, 7) is 1.98. The van der Waals surface area contributed by atoms with Crippen molar-refractivity contribution in [3.8, 4) is 0 Å². The average Bonchev–Trinajstić information content (AvgIpc) is 3.08. The summed E-state index contributed by atoms with van der Waals surface area (Å²) in [4.78, 5) is 42.1. The molecule has 152 valence electrons. The minimum Gasteiger partial charge on any atom is -0.462 e. The Labute approximate surface area is 180 Å². The van der Waals surface area contributed by atoms with Gasteiger partial charge in [-0.3, -0.25) is 14.2 Å². The summed E-state index contributed by atoms with van der Waals surface area (Å²) in [5, 5.41) is 5.07. The van der Waals surface area contributed by atoms with Crippen LogP contribution in [0, 0.1) is 0 Å². The summed E-state index contributed by atoms with van der Waals surface area (Å²) in [5.41, 5.74) is 0.0817. The summed E-state index contributed by atoms with van der Waals surface area (Å²) in [6, 6.07) is 4.62. The number of ether oxygens (including phenoxy) is 1. The fraction of sp³-hybridized carbons (Fsp3) is 0.263. The van der Waals surface area contributed by atoms with E-state index in [0.717, 1.165) is 17.4 Å². The highest BCUT2D eigenvalue weighted by Gasteiger charge is 2.19. The van der Waals surface area contributed by atoms with Crippen LogP contribution in [-0.2, 0) is 16.1 Å². The largest absolute Gasteiger partial charge is 0.462 e. The van der Waals surface area contributed by atoms with Gasteiger partial charge in [-0.25, -0.2) is 9.78 Å². The molecule has 1 aromatic carbocycles. The van der Waals surface area contributed by atoms with Gasteiger partial charge in [0.05, 0.1) is 23.9 Å². The molecule has 0 aliphatic heterocycles. The predicted molar refractivity (Wildman–Crippen MR) is 114 cm³/mol. The number of anilines is 1. The molecule has 3 rings (SSSR count). The molecule has 29 heavy (non-hydrogen) atoms. The molecule has 2 heterocycles. The summed E-state index contributed by atoms with van der Waals surface area (Å²) in [7, 11) is 0. The van der Waals surface area contributed by atoms with Crippen LogP contribution in [0.5, 0.6) is 0 Å². The molecule has 0 unspecified atom stereocenters. The number of unbranched alkanes of at least 4 members (excludes halogenated alkanes) is 1. The van der Waals surface area contributed by atoms with Gasteiger partial charge >= 0.3 is 5.97 Å². The van der Waals surface area contributed by atoms with Gasteiger partial charge in [0.25, 0.3) is 5.56 Å². The summed E-state index contributed by atoms with van der Waals surface area (Å²) < 4.78 is 6.34. The molecule has 10 heteroatoms. The van der Waals surface area contributed by atoms with Gasteiger partial charge in [-0.2, -0.15) is 0 Å². The molecule has 0 atom stereocenters. The van der Waals surface area contributed by atoms with Gasteiger partial charge in [0.2, 0.25) is 5.91 Å². The Bertz CT molecular complexity index is 1110. The normalized spacial score (nSPS) is 10.9. The molecule has 3 aromatic rings. The molecule has 7 nitrogen and oxygen atoms in total. The lowest BCUT2D eigenvalue weighted by molar-refractivity contribution is -0.116. The smallest absolute Gasteiger partial charge is 0.339 e. The van der Waals surface area contributed by atoms with Crippen LogP contribution in [0.25, 0.3) is 10.2 Å². The molecule has 0 saturated heterocycles. The van der Waals surface area contributed by atoms with E-state index in [0.29, 0.717) is 20.6 Å². The van der Waals surface area contributed by atoms with E-state index in [1.807, 2.05) is 6.92 Å². The minimum atomic E-state index is -0.570. The molecular formula is C19H17Cl2N3O4S. The highest BCUT2D eigenvalue weighted by Crippen LogP contribution is 2.23. The molecular weight excluding hydrogens is 437 g/mol. The number of aromatic nitrogens is 2. The van der Waals surface area contributed by atoms with Crippen LogP contribution in [0.2, 0.25) is 10.0 Å². The summed E-state index contributed by atoms with van der Waals surface area (Å²) >= 11 is 13.0. The average molecular weight is 454 g/mol. The molecule has 2 aromatic heterocycles. The van der Waals surface area contributed by atoms with Gasteiger partial charge in [0.1, 0.15) is 11.4 Å². The Balaban J connectivity index is 1.82. The van der Waals surface area contributed by atoms with Crippen LogP contribution in [0.4, 0.5) is 5.69 Å². The van der Waals surface area contributed by atoms with Crippen molar-refractivity contribution in [2.45, 2.75) is 26.3 Å². The molecule has 0 radical (unpaired) electrons. The first-order chi connectivity index (χ1) is 13.9. The van der Waals surface area contributed by atoms with Crippen molar-refractivity contribution < 1.29 is 14.3 Å². The van der Waals surface area contributed by atoms with E-state index in [4.69, 9.17) is 27.9 Å². The van der Waals surface area contributed by atoms with Crippen molar-refractivity contribution in [3.63, 3.8) is 0 Å². The van der Waals surface area contributed by atoms with Gasteiger partial charge in [0.15, 0.2) is 0 Å². The third kappa shape index (κ3) is 5.14. The van der Waals surface area contributed by atoms with E-state index in [2.05, 4.69) is 10.3 Å². The number of amides is 1. The van der Waals surface area contributed by atoms with Crippen LogP contribution >= 0.6 is 34.5 Å². The summed E-state index contributed by atoms with van der Waals surface area (Å²) in [6.07, 6.45) is 2.90. The molecule has 0 bridgehead atoms. The molecule has 0 saturated carbocycles. The maximum Gasteiger partial charge on any atom is 0.339 e. The first-order valence-electron chi connectivity index (χ1n) is 8.78. The molecule has 0 aliphatic carbocycles. The fourth-order valence-electron chi connectivity index (χ4n) is 2.60. The Morgan fingerprint density at radius 1 is 1.24 bits per heavy atom. The fourth-order valence-corrected chi connectivity index (χ4v) is 3.99. The van der Waals surface area contributed by atoms with E-state index in [-0.39, 0.29) is 24.1 Å². The van der Waals surface area contributed by atoms with E-state index < -0.39 is 17.4 Å². The monoisotopic (exact) mass is 453 g/mol. The predicted octanol–water partition coefficient (Wildman–Crippen LogP) is 4.36. The van der Waals surface area contributed by atoms with Gasteiger partial charge in [-0.1, -0.05) is 36.5 Å². The highest BCUT2D eigenvalue weighted by molar-refractivity contribution is 7.17. The third-order valence-electron chi connectivity index (χ3n) is 3.97. The summed E-state index contributed by atoms with van der Waals surface area (Å²) in [5.74, 6) is -1.03. The lowest BCUT2D eigenvalue weighted by Gasteiger charge is -2.08. The van der Waals surface area contributed by atoms with Crippen molar-refractivity contribution in [3.05, 3.63) is 55.9 Å². The van der Waals surface area contributed by atoms with Gasteiger partial charge in [-0.05, 0) is 24.6 Å². The Kier molecular flexibility index (Phi) is 6.89.